The van der Waals surface area contributed by atoms with Crippen molar-refractivity contribution in [2.45, 2.75) is 45.1 Å². The highest BCUT2D eigenvalue weighted by Crippen LogP contribution is 2.37. The first kappa shape index (κ1) is 10.7. The Morgan fingerprint density at radius 1 is 1.40 bits per heavy atom. The Bertz CT molecular complexity index is 303. The number of nitrogens with zero attached hydrogens (tertiary/aromatic N) is 1. The van der Waals surface area contributed by atoms with E-state index < -0.39 is 0 Å². The van der Waals surface area contributed by atoms with Crippen LogP contribution in [0.1, 0.15) is 44.2 Å². The van der Waals surface area contributed by atoms with Gasteiger partial charge >= 0.3 is 0 Å². The van der Waals surface area contributed by atoms with Crippen molar-refractivity contribution >= 4 is 0 Å². The van der Waals surface area contributed by atoms with Gasteiger partial charge in [0.1, 0.15) is 0 Å². The lowest BCUT2D eigenvalue weighted by atomic mass is 9.78. The molecule has 1 aliphatic rings. The van der Waals surface area contributed by atoms with E-state index in [9.17, 15) is 0 Å². The fourth-order valence-corrected chi connectivity index (χ4v) is 2.86. The smallest absolute Gasteiger partial charge is 0.0345 e. The summed E-state index contributed by atoms with van der Waals surface area (Å²) < 4.78 is 2.34. The van der Waals surface area contributed by atoms with E-state index in [0.717, 1.165) is 24.9 Å². The molecule has 15 heavy (non-hydrogen) atoms. The molecule has 0 spiro atoms. The third-order valence-electron chi connectivity index (χ3n) is 3.73. The van der Waals surface area contributed by atoms with Gasteiger partial charge in [-0.2, -0.15) is 0 Å². The molecule has 2 heteroatoms. The Hall–Kier alpha value is -0.760. The lowest BCUT2D eigenvalue weighted by molar-refractivity contribution is 0.318. The minimum atomic E-state index is 0.739. The van der Waals surface area contributed by atoms with Gasteiger partial charge in [0, 0.05) is 30.9 Å². The predicted octanol–water partition coefficient (Wildman–Crippen LogP) is 2.74. The van der Waals surface area contributed by atoms with E-state index in [1.54, 1.807) is 0 Å². The van der Waals surface area contributed by atoms with Crippen LogP contribution in [0.4, 0.5) is 0 Å². The average Bonchev–Trinajstić information content (AvgIpc) is 2.67. The normalized spacial score (nSPS) is 26.8. The number of hydrogen-bond acceptors (Lipinski definition) is 1. The summed E-state index contributed by atoms with van der Waals surface area (Å²) in [6.07, 6.45) is 7.72. The van der Waals surface area contributed by atoms with Gasteiger partial charge in [0.25, 0.3) is 0 Å². The quantitative estimate of drug-likeness (QED) is 0.810. The molecule has 0 amide bonds. The molecule has 2 unspecified atom stereocenters. The molecular formula is C13H22N2. The average molecular weight is 206 g/mol. The zero-order chi connectivity index (χ0) is 10.7. The van der Waals surface area contributed by atoms with Gasteiger partial charge in [0.05, 0.1) is 0 Å². The maximum Gasteiger partial charge on any atom is 0.0345 e. The molecule has 0 aromatic carbocycles. The molecule has 0 radical (unpaired) electrons. The second-order valence-electron chi connectivity index (χ2n) is 4.78. The highest BCUT2D eigenvalue weighted by molar-refractivity contribution is 5.14. The van der Waals surface area contributed by atoms with Crippen molar-refractivity contribution in [1.82, 2.24) is 4.57 Å². The van der Waals surface area contributed by atoms with Crippen molar-refractivity contribution in [2.24, 2.45) is 11.7 Å². The van der Waals surface area contributed by atoms with Crippen molar-refractivity contribution in [2.75, 3.05) is 6.54 Å². The lowest BCUT2D eigenvalue weighted by Crippen LogP contribution is -2.20. The summed E-state index contributed by atoms with van der Waals surface area (Å²) in [6.45, 7) is 4.10. The van der Waals surface area contributed by atoms with E-state index in [1.807, 2.05) is 0 Å². The summed E-state index contributed by atoms with van der Waals surface area (Å²) in [5.74, 6) is 1.60. The van der Waals surface area contributed by atoms with Crippen LogP contribution in [0.25, 0.3) is 0 Å². The molecule has 0 saturated heterocycles. The van der Waals surface area contributed by atoms with Gasteiger partial charge in [0.15, 0.2) is 0 Å². The van der Waals surface area contributed by atoms with Gasteiger partial charge in [-0.15, -0.1) is 0 Å². The van der Waals surface area contributed by atoms with Crippen LogP contribution in [0.15, 0.2) is 18.3 Å². The first-order valence-electron chi connectivity index (χ1n) is 6.18. The molecule has 1 heterocycles. The minimum absolute atomic E-state index is 0.739. The Kier molecular flexibility index (Phi) is 3.47. The van der Waals surface area contributed by atoms with Crippen LogP contribution < -0.4 is 5.73 Å². The van der Waals surface area contributed by atoms with Crippen LogP contribution in [-0.2, 0) is 6.54 Å². The zero-order valence-electron chi connectivity index (χ0n) is 9.65. The van der Waals surface area contributed by atoms with E-state index in [2.05, 4.69) is 29.8 Å². The lowest BCUT2D eigenvalue weighted by Gasteiger charge is -2.29. The number of rotatable bonds is 3. The molecule has 0 bridgehead atoms. The van der Waals surface area contributed by atoms with Gasteiger partial charge in [-0.3, -0.25) is 0 Å². The molecule has 2 N–H and O–H groups in total. The monoisotopic (exact) mass is 206 g/mol. The molecule has 84 valence electrons. The van der Waals surface area contributed by atoms with Crippen LogP contribution in [-0.4, -0.2) is 11.1 Å². The third kappa shape index (κ3) is 2.25. The topological polar surface area (TPSA) is 30.9 Å². The van der Waals surface area contributed by atoms with Crippen LogP contribution >= 0.6 is 0 Å². The van der Waals surface area contributed by atoms with Crippen molar-refractivity contribution < 1.29 is 0 Å². The Labute approximate surface area is 92.5 Å². The molecule has 0 aliphatic heterocycles. The fraction of sp³-hybridized carbons (Fsp3) is 0.692. The van der Waals surface area contributed by atoms with Gasteiger partial charge in [-0.1, -0.05) is 26.2 Å². The maximum atomic E-state index is 5.63. The van der Waals surface area contributed by atoms with E-state index in [-0.39, 0.29) is 0 Å². The molecule has 1 aromatic heterocycles. The summed E-state index contributed by atoms with van der Waals surface area (Å²) in [5.41, 5.74) is 7.14. The molecule has 1 aromatic rings. The van der Waals surface area contributed by atoms with Crippen LogP contribution in [0.3, 0.4) is 0 Å². The second-order valence-corrected chi connectivity index (χ2v) is 4.78. The predicted molar refractivity (Wildman–Crippen MR) is 63.9 cm³/mol. The first-order valence-corrected chi connectivity index (χ1v) is 6.18. The molecule has 2 atom stereocenters. The summed E-state index contributed by atoms with van der Waals surface area (Å²) in [4.78, 5) is 0. The molecular weight excluding hydrogens is 184 g/mol. The van der Waals surface area contributed by atoms with E-state index in [1.165, 1.54) is 31.4 Å². The molecule has 2 rings (SSSR count). The first-order chi connectivity index (χ1) is 7.33. The second kappa shape index (κ2) is 4.84. The van der Waals surface area contributed by atoms with Gasteiger partial charge < -0.3 is 10.3 Å². The van der Waals surface area contributed by atoms with Crippen LogP contribution in [0.2, 0.25) is 0 Å². The van der Waals surface area contributed by atoms with Crippen molar-refractivity contribution in [3.05, 3.63) is 24.0 Å². The number of hydrogen-bond donors (Lipinski definition) is 1. The molecule has 1 saturated carbocycles. The summed E-state index contributed by atoms with van der Waals surface area (Å²) >= 11 is 0. The van der Waals surface area contributed by atoms with E-state index >= 15 is 0 Å². The molecule has 1 fully saturated rings. The highest BCUT2D eigenvalue weighted by atomic mass is 15.0. The summed E-state index contributed by atoms with van der Waals surface area (Å²) in [5, 5.41) is 0. The van der Waals surface area contributed by atoms with Crippen molar-refractivity contribution in [3.63, 3.8) is 0 Å². The third-order valence-corrected chi connectivity index (χ3v) is 3.73. The standard InChI is InChI=1S/C13H22N2/c1-11-5-2-3-6-12(11)13-7-4-9-15(13)10-8-14/h4,7,9,11-12H,2-3,5-6,8,10,14H2,1H3. The Morgan fingerprint density at radius 2 is 2.20 bits per heavy atom. The number of nitrogens with two attached hydrogens (primary N) is 1. The van der Waals surface area contributed by atoms with Gasteiger partial charge in [-0.25, -0.2) is 0 Å². The number of aromatic nitrogens is 1. The minimum Gasteiger partial charge on any atom is -0.350 e. The zero-order valence-corrected chi connectivity index (χ0v) is 9.65. The Balaban J connectivity index is 2.15. The van der Waals surface area contributed by atoms with Crippen LogP contribution in [0.5, 0.6) is 0 Å². The van der Waals surface area contributed by atoms with E-state index in [4.69, 9.17) is 5.73 Å². The Morgan fingerprint density at radius 3 is 2.93 bits per heavy atom. The maximum absolute atomic E-state index is 5.63. The summed E-state index contributed by atoms with van der Waals surface area (Å²) in [7, 11) is 0. The van der Waals surface area contributed by atoms with Crippen molar-refractivity contribution in [1.29, 1.82) is 0 Å². The van der Waals surface area contributed by atoms with Crippen molar-refractivity contribution in [3.8, 4) is 0 Å². The molecule has 1 aliphatic carbocycles. The molecule has 2 nitrogen and oxygen atoms in total. The van der Waals surface area contributed by atoms with Gasteiger partial charge in [-0.05, 0) is 24.5 Å². The SMILES string of the molecule is CC1CCCCC1c1cccn1CCN. The fourth-order valence-electron chi connectivity index (χ4n) is 2.86. The highest BCUT2D eigenvalue weighted by Gasteiger charge is 2.24. The largest absolute Gasteiger partial charge is 0.350 e. The van der Waals surface area contributed by atoms with Crippen LogP contribution in [0, 0.1) is 5.92 Å². The van der Waals surface area contributed by atoms with E-state index in [0.29, 0.717) is 0 Å². The van der Waals surface area contributed by atoms with Gasteiger partial charge in [0.2, 0.25) is 0 Å². The summed E-state index contributed by atoms with van der Waals surface area (Å²) in [6, 6.07) is 4.44.